The fourth-order valence-corrected chi connectivity index (χ4v) is 1.92. The molecule has 0 radical (unpaired) electrons. The Bertz CT molecular complexity index is 398. The molecule has 0 aliphatic carbocycles. The van der Waals surface area contributed by atoms with Crippen molar-refractivity contribution < 1.29 is 5.11 Å². The van der Waals surface area contributed by atoms with Crippen LogP contribution in [0.3, 0.4) is 0 Å². The number of hydrogen-bond donors (Lipinski definition) is 3. The van der Waals surface area contributed by atoms with E-state index < -0.39 is 6.10 Å². The van der Waals surface area contributed by atoms with Crippen molar-refractivity contribution >= 4 is 28.9 Å². The van der Waals surface area contributed by atoms with Crippen LogP contribution in [0.5, 0.6) is 0 Å². The van der Waals surface area contributed by atoms with Gasteiger partial charge in [0.15, 0.2) is 0 Å². The predicted octanol–water partition coefficient (Wildman–Crippen LogP) is 3.39. The van der Waals surface area contributed by atoms with Gasteiger partial charge in [-0.1, -0.05) is 30.1 Å². The Balaban J connectivity index is 2.76. The van der Waals surface area contributed by atoms with Gasteiger partial charge in [-0.3, -0.25) is 0 Å². The SMILES string of the molecule is CCC(C)(C)NCC(O)c1cc(Cl)c(N)c(Cl)c1. The van der Waals surface area contributed by atoms with Gasteiger partial charge in [-0.25, -0.2) is 0 Å². The van der Waals surface area contributed by atoms with E-state index >= 15 is 0 Å². The summed E-state index contributed by atoms with van der Waals surface area (Å²) >= 11 is 11.9. The minimum atomic E-state index is -0.661. The van der Waals surface area contributed by atoms with E-state index in [9.17, 15) is 5.11 Å². The predicted molar refractivity (Wildman–Crippen MR) is 78.2 cm³/mol. The van der Waals surface area contributed by atoms with E-state index in [1.165, 1.54) is 0 Å². The molecule has 0 spiro atoms. The van der Waals surface area contributed by atoms with Gasteiger partial charge in [0.05, 0.1) is 21.8 Å². The van der Waals surface area contributed by atoms with E-state index in [0.29, 0.717) is 27.8 Å². The summed E-state index contributed by atoms with van der Waals surface area (Å²) in [6.45, 7) is 6.71. The highest BCUT2D eigenvalue weighted by Crippen LogP contribution is 2.31. The molecular formula is C13H20Cl2N2O. The zero-order chi connectivity index (χ0) is 13.9. The Hall–Kier alpha value is -0.480. The van der Waals surface area contributed by atoms with Crippen LogP contribution in [0.1, 0.15) is 38.9 Å². The minimum absolute atomic E-state index is 0.0115. The normalized spacial score (nSPS) is 13.7. The average molecular weight is 291 g/mol. The zero-order valence-electron chi connectivity index (χ0n) is 10.9. The number of rotatable bonds is 5. The van der Waals surface area contributed by atoms with Crippen LogP contribution >= 0.6 is 23.2 Å². The molecule has 0 saturated carbocycles. The first-order valence-electron chi connectivity index (χ1n) is 5.94. The molecule has 1 aromatic rings. The molecule has 102 valence electrons. The summed E-state index contributed by atoms with van der Waals surface area (Å²) in [7, 11) is 0. The highest BCUT2D eigenvalue weighted by molar-refractivity contribution is 6.38. The fraction of sp³-hybridized carbons (Fsp3) is 0.538. The molecule has 3 nitrogen and oxygen atoms in total. The van der Waals surface area contributed by atoms with Crippen LogP contribution in [-0.4, -0.2) is 17.2 Å². The molecule has 0 heterocycles. The topological polar surface area (TPSA) is 58.3 Å². The van der Waals surface area contributed by atoms with Gasteiger partial charge in [-0.2, -0.15) is 0 Å². The Morgan fingerprint density at radius 1 is 1.33 bits per heavy atom. The second-order valence-electron chi connectivity index (χ2n) is 5.03. The monoisotopic (exact) mass is 290 g/mol. The number of nitrogen functional groups attached to an aromatic ring is 1. The number of nitrogens with one attached hydrogen (secondary N) is 1. The lowest BCUT2D eigenvalue weighted by Crippen LogP contribution is -2.40. The standard InChI is InChI=1S/C13H20Cl2N2O/c1-4-13(2,3)17-7-11(18)8-5-9(14)12(16)10(15)6-8/h5-6,11,17-18H,4,7,16H2,1-3H3. The maximum atomic E-state index is 10.1. The molecule has 4 N–H and O–H groups in total. The average Bonchev–Trinajstić information content (AvgIpc) is 2.32. The van der Waals surface area contributed by atoms with Gasteiger partial charge in [-0.05, 0) is 38.0 Å². The van der Waals surface area contributed by atoms with Crippen molar-refractivity contribution in [1.82, 2.24) is 5.32 Å². The first kappa shape index (κ1) is 15.6. The van der Waals surface area contributed by atoms with Crippen molar-refractivity contribution in [3.63, 3.8) is 0 Å². The second kappa shape index (κ2) is 6.11. The van der Waals surface area contributed by atoms with E-state index in [1.807, 2.05) is 0 Å². The quantitative estimate of drug-likeness (QED) is 0.729. The molecule has 0 aromatic heterocycles. The van der Waals surface area contributed by atoms with Crippen molar-refractivity contribution in [3.8, 4) is 0 Å². The van der Waals surface area contributed by atoms with Gasteiger partial charge in [0.1, 0.15) is 0 Å². The number of halogens is 2. The molecule has 18 heavy (non-hydrogen) atoms. The molecule has 0 fully saturated rings. The van der Waals surface area contributed by atoms with Gasteiger partial charge >= 0.3 is 0 Å². The lowest BCUT2D eigenvalue weighted by molar-refractivity contribution is 0.160. The van der Waals surface area contributed by atoms with Crippen molar-refractivity contribution in [2.75, 3.05) is 12.3 Å². The van der Waals surface area contributed by atoms with Crippen LogP contribution in [0.4, 0.5) is 5.69 Å². The summed E-state index contributed by atoms with van der Waals surface area (Å²) in [6.07, 6.45) is 0.314. The van der Waals surface area contributed by atoms with E-state index in [-0.39, 0.29) is 5.54 Å². The highest BCUT2D eigenvalue weighted by atomic mass is 35.5. The van der Waals surface area contributed by atoms with Gasteiger partial charge in [-0.15, -0.1) is 0 Å². The number of nitrogens with two attached hydrogens (primary N) is 1. The van der Waals surface area contributed by atoms with Crippen LogP contribution < -0.4 is 11.1 Å². The molecule has 0 aliphatic heterocycles. The number of hydrogen-bond acceptors (Lipinski definition) is 3. The highest BCUT2D eigenvalue weighted by Gasteiger charge is 2.18. The first-order chi connectivity index (χ1) is 8.26. The Morgan fingerprint density at radius 2 is 1.83 bits per heavy atom. The van der Waals surface area contributed by atoms with E-state index in [1.54, 1.807) is 12.1 Å². The van der Waals surface area contributed by atoms with Crippen molar-refractivity contribution in [2.24, 2.45) is 0 Å². The maximum absolute atomic E-state index is 10.1. The van der Waals surface area contributed by atoms with Crippen LogP contribution in [0, 0.1) is 0 Å². The minimum Gasteiger partial charge on any atom is -0.396 e. The number of benzene rings is 1. The summed E-state index contributed by atoms with van der Waals surface area (Å²) in [6, 6.07) is 3.29. The molecule has 5 heteroatoms. The van der Waals surface area contributed by atoms with Crippen LogP contribution in [0.25, 0.3) is 0 Å². The molecule has 1 unspecified atom stereocenters. The third kappa shape index (κ3) is 4.02. The van der Waals surface area contributed by atoms with E-state index in [4.69, 9.17) is 28.9 Å². The molecule has 1 aromatic carbocycles. The summed E-state index contributed by atoms with van der Waals surface area (Å²) in [5, 5.41) is 14.1. The Morgan fingerprint density at radius 3 is 2.28 bits per heavy atom. The lowest BCUT2D eigenvalue weighted by atomic mass is 10.0. The van der Waals surface area contributed by atoms with Crippen LogP contribution in [0.15, 0.2) is 12.1 Å². The largest absolute Gasteiger partial charge is 0.396 e. The van der Waals surface area contributed by atoms with Gasteiger partial charge < -0.3 is 16.2 Å². The molecule has 1 rings (SSSR count). The zero-order valence-corrected chi connectivity index (χ0v) is 12.4. The number of β-amino-alcohol motifs (C(OH)–C–C–N with tert-alkyl or cyclic N) is 1. The van der Waals surface area contributed by atoms with Crippen LogP contribution in [0.2, 0.25) is 10.0 Å². The number of aliphatic hydroxyl groups excluding tert-OH is 1. The van der Waals surface area contributed by atoms with Gasteiger partial charge in [0.25, 0.3) is 0 Å². The molecular weight excluding hydrogens is 271 g/mol. The Kier molecular flexibility index (Phi) is 5.29. The number of anilines is 1. The van der Waals surface area contributed by atoms with E-state index in [2.05, 4.69) is 26.1 Å². The summed E-state index contributed by atoms with van der Waals surface area (Å²) < 4.78 is 0. The lowest BCUT2D eigenvalue weighted by Gasteiger charge is -2.26. The summed E-state index contributed by atoms with van der Waals surface area (Å²) in [5.41, 5.74) is 6.65. The van der Waals surface area contributed by atoms with Crippen molar-refractivity contribution in [2.45, 2.75) is 38.8 Å². The molecule has 0 amide bonds. The van der Waals surface area contributed by atoms with E-state index in [0.717, 1.165) is 6.42 Å². The molecule has 0 saturated heterocycles. The smallest absolute Gasteiger partial charge is 0.0915 e. The summed E-state index contributed by atoms with van der Waals surface area (Å²) in [4.78, 5) is 0. The number of aliphatic hydroxyl groups is 1. The fourth-order valence-electron chi connectivity index (χ4n) is 1.41. The van der Waals surface area contributed by atoms with Crippen molar-refractivity contribution in [3.05, 3.63) is 27.7 Å². The molecule has 0 aliphatic rings. The third-order valence-electron chi connectivity index (χ3n) is 3.14. The van der Waals surface area contributed by atoms with Gasteiger partial charge in [0, 0.05) is 12.1 Å². The van der Waals surface area contributed by atoms with Gasteiger partial charge in [0.2, 0.25) is 0 Å². The first-order valence-corrected chi connectivity index (χ1v) is 6.70. The second-order valence-corrected chi connectivity index (χ2v) is 5.85. The molecule has 1 atom stereocenters. The summed E-state index contributed by atoms with van der Waals surface area (Å²) in [5.74, 6) is 0. The third-order valence-corrected chi connectivity index (χ3v) is 3.77. The molecule has 0 bridgehead atoms. The van der Waals surface area contributed by atoms with Crippen LogP contribution in [-0.2, 0) is 0 Å². The Labute approximate surface area is 118 Å². The maximum Gasteiger partial charge on any atom is 0.0915 e. The van der Waals surface area contributed by atoms with Crippen molar-refractivity contribution in [1.29, 1.82) is 0 Å².